The first-order valence-corrected chi connectivity index (χ1v) is 6.47. The van der Waals surface area contributed by atoms with Crippen molar-refractivity contribution >= 4 is 5.91 Å². The lowest BCUT2D eigenvalue weighted by Gasteiger charge is -2.06. The molecule has 0 spiro atoms. The van der Waals surface area contributed by atoms with E-state index in [-0.39, 0.29) is 5.91 Å². The lowest BCUT2D eigenvalue weighted by molar-refractivity contribution is -0.121. The summed E-state index contributed by atoms with van der Waals surface area (Å²) < 4.78 is 0. The summed E-state index contributed by atoms with van der Waals surface area (Å²) in [6, 6.07) is 8.17. The molecule has 0 unspecified atom stereocenters. The van der Waals surface area contributed by atoms with Gasteiger partial charge < -0.3 is 5.32 Å². The number of hydrogen-bond acceptors (Lipinski definition) is 2. The quantitative estimate of drug-likeness (QED) is 0.863. The van der Waals surface area contributed by atoms with Gasteiger partial charge in [0.05, 0.1) is 6.20 Å². The van der Waals surface area contributed by atoms with Crippen molar-refractivity contribution in [1.29, 1.82) is 0 Å². The van der Waals surface area contributed by atoms with Crippen LogP contribution in [-0.4, -0.2) is 16.1 Å². The molecule has 0 aliphatic heterocycles. The number of aromatic nitrogens is 2. The van der Waals surface area contributed by atoms with E-state index in [0.717, 1.165) is 17.7 Å². The van der Waals surface area contributed by atoms with Gasteiger partial charge in [0.15, 0.2) is 0 Å². The first kappa shape index (κ1) is 13.3. The van der Waals surface area contributed by atoms with Gasteiger partial charge in [-0.15, -0.1) is 0 Å². The summed E-state index contributed by atoms with van der Waals surface area (Å²) in [5.41, 5.74) is 4.50. The second kappa shape index (κ2) is 6.18. The van der Waals surface area contributed by atoms with Crippen LogP contribution in [-0.2, 0) is 17.8 Å². The molecule has 2 N–H and O–H groups in total. The van der Waals surface area contributed by atoms with Crippen molar-refractivity contribution in [3.8, 4) is 0 Å². The van der Waals surface area contributed by atoms with Crippen molar-refractivity contribution in [3.05, 3.63) is 52.8 Å². The van der Waals surface area contributed by atoms with E-state index in [9.17, 15) is 4.79 Å². The summed E-state index contributed by atoms with van der Waals surface area (Å²) in [6.45, 7) is 4.55. The summed E-state index contributed by atoms with van der Waals surface area (Å²) in [4.78, 5) is 11.8. The third-order valence-electron chi connectivity index (χ3n) is 3.29. The molecule has 1 aromatic carbocycles. The van der Waals surface area contributed by atoms with Crippen molar-refractivity contribution in [1.82, 2.24) is 15.5 Å². The minimum Gasteiger partial charge on any atom is -0.352 e. The van der Waals surface area contributed by atoms with Crippen molar-refractivity contribution in [3.63, 3.8) is 0 Å². The molecule has 0 saturated heterocycles. The summed E-state index contributed by atoms with van der Waals surface area (Å²) in [5.74, 6) is 0.0730. The number of aryl methyl sites for hydroxylation is 3. The number of rotatable bonds is 5. The van der Waals surface area contributed by atoms with Gasteiger partial charge in [0.25, 0.3) is 0 Å². The van der Waals surface area contributed by atoms with Gasteiger partial charge in [0.1, 0.15) is 0 Å². The summed E-state index contributed by atoms with van der Waals surface area (Å²) in [6.07, 6.45) is 3.04. The highest BCUT2D eigenvalue weighted by molar-refractivity contribution is 5.76. The van der Waals surface area contributed by atoms with Crippen LogP contribution in [0.5, 0.6) is 0 Å². The lowest BCUT2D eigenvalue weighted by Crippen LogP contribution is -2.23. The fourth-order valence-corrected chi connectivity index (χ4v) is 1.97. The molecule has 4 heteroatoms. The topological polar surface area (TPSA) is 57.8 Å². The third kappa shape index (κ3) is 3.68. The zero-order valence-corrected chi connectivity index (χ0v) is 11.4. The molecule has 0 aliphatic carbocycles. The van der Waals surface area contributed by atoms with Crippen molar-refractivity contribution in [2.45, 2.75) is 33.2 Å². The highest BCUT2D eigenvalue weighted by atomic mass is 16.1. The van der Waals surface area contributed by atoms with Crippen LogP contribution in [0.25, 0.3) is 0 Å². The molecule has 1 amide bonds. The second-order valence-corrected chi connectivity index (χ2v) is 4.72. The average molecular weight is 257 g/mol. The predicted molar refractivity (Wildman–Crippen MR) is 74.7 cm³/mol. The molecule has 1 aromatic heterocycles. The molecule has 2 rings (SSSR count). The Morgan fingerprint density at radius 2 is 2.05 bits per heavy atom. The first-order chi connectivity index (χ1) is 9.16. The standard InChI is InChI=1S/C15H19N3O/c1-11-5-3-4-6-13(11)7-8-15(19)16-9-14-10-17-18-12(14)2/h3-6,10H,7-9H2,1-2H3,(H,16,19)(H,17,18). The molecular formula is C15H19N3O. The van der Waals surface area contributed by atoms with E-state index in [1.807, 2.05) is 19.1 Å². The van der Waals surface area contributed by atoms with Crippen LogP contribution in [0.3, 0.4) is 0 Å². The van der Waals surface area contributed by atoms with Crippen LogP contribution in [0.15, 0.2) is 30.5 Å². The summed E-state index contributed by atoms with van der Waals surface area (Å²) in [7, 11) is 0. The van der Waals surface area contributed by atoms with E-state index in [1.54, 1.807) is 6.20 Å². The SMILES string of the molecule is Cc1ccccc1CCC(=O)NCc1cn[nH]c1C. The molecule has 19 heavy (non-hydrogen) atoms. The maximum Gasteiger partial charge on any atom is 0.220 e. The van der Waals surface area contributed by atoms with Gasteiger partial charge in [-0.2, -0.15) is 5.10 Å². The summed E-state index contributed by atoms with van der Waals surface area (Å²) in [5, 5.41) is 9.70. The molecule has 2 aromatic rings. The fraction of sp³-hybridized carbons (Fsp3) is 0.333. The van der Waals surface area contributed by atoms with Crippen LogP contribution in [0.1, 0.15) is 28.8 Å². The van der Waals surface area contributed by atoms with Crippen LogP contribution in [0.4, 0.5) is 0 Å². The Hall–Kier alpha value is -2.10. The van der Waals surface area contributed by atoms with E-state index in [2.05, 4.69) is 34.6 Å². The number of carbonyl (C=O) groups excluding carboxylic acids is 1. The maximum absolute atomic E-state index is 11.8. The smallest absolute Gasteiger partial charge is 0.220 e. The molecular weight excluding hydrogens is 238 g/mol. The van der Waals surface area contributed by atoms with Gasteiger partial charge in [-0.3, -0.25) is 9.89 Å². The zero-order valence-electron chi connectivity index (χ0n) is 11.4. The summed E-state index contributed by atoms with van der Waals surface area (Å²) >= 11 is 0. The Labute approximate surface area is 113 Å². The minimum absolute atomic E-state index is 0.0730. The Morgan fingerprint density at radius 3 is 2.74 bits per heavy atom. The molecule has 0 aliphatic rings. The molecule has 0 atom stereocenters. The van der Waals surface area contributed by atoms with Crippen molar-refractivity contribution < 1.29 is 4.79 Å². The normalized spacial score (nSPS) is 10.4. The van der Waals surface area contributed by atoms with Crippen LogP contribution in [0.2, 0.25) is 0 Å². The van der Waals surface area contributed by atoms with E-state index in [0.29, 0.717) is 13.0 Å². The molecule has 4 nitrogen and oxygen atoms in total. The highest BCUT2D eigenvalue weighted by Crippen LogP contribution is 2.09. The van der Waals surface area contributed by atoms with E-state index >= 15 is 0 Å². The molecule has 0 bridgehead atoms. The van der Waals surface area contributed by atoms with Gasteiger partial charge in [0.2, 0.25) is 5.91 Å². The van der Waals surface area contributed by atoms with Gasteiger partial charge in [-0.05, 0) is 31.4 Å². The zero-order chi connectivity index (χ0) is 13.7. The number of nitrogens with zero attached hydrogens (tertiary/aromatic N) is 1. The van der Waals surface area contributed by atoms with Crippen molar-refractivity contribution in [2.75, 3.05) is 0 Å². The number of aromatic amines is 1. The number of H-pyrrole nitrogens is 1. The molecule has 100 valence electrons. The van der Waals surface area contributed by atoms with Gasteiger partial charge in [-0.25, -0.2) is 0 Å². The largest absolute Gasteiger partial charge is 0.352 e. The molecule has 1 heterocycles. The van der Waals surface area contributed by atoms with Crippen LogP contribution in [0, 0.1) is 13.8 Å². The monoisotopic (exact) mass is 257 g/mol. The Bertz CT molecular complexity index is 560. The van der Waals surface area contributed by atoms with Gasteiger partial charge in [-0.1, -0.05) is 24.3 Å². The van der Waals surface area contributed by atoms with E-state index in [1.165, 1.54) is 11.1 Å². The number of benzene rings is 1. The second-order valence-electron chi connectivity index (χ2n) is 4.72. The molecule has 0 saturated carbocycles. The van der Waals surface area contributed by atoms with Gasteiger partial charge >= 0.3 is 0 Å². The molecule has 0 fully saturated rings. The van der Waals surface area contributed by atoms with Crippen molar-refractivity contribution in [2.24, 2.45) is 0 Å². The number of nitrogens with one attached hydrogen (secondary N) is 2. The van der Waals surface area contributed by atoms with Crippen LogP contribution >= 0.6 is 0 Å². The number of amides is 1. The Morgan fingerprint density at radius 1 is 1.26 bits per heavy atom. The Balaban J connectivity index is 1.79. The number of carbonyl (C=O) groups is 1. The first-order valence-electron chi connectivity index (χ1n) is 6.47. The highest BCUT2D eigenvalue weighted by Gasteiger charge is 2.05. The van der Waals surface area contributed by atoms with E-state index in [4.69, 9.17) is 0 Å². The third-order valence-corrected chi connectivity index (χ3v) is 3.29. The van der Waals surface area contributed by atoms with Gasteiger partial charge in [0, 0.05) is 24.2 Å². The Kier molecular flexibility index (Phi) is 4.34. The fourth-order valence-electron chi connectivity index (χ4n) is 1.97. The predicted octanol–water partition coefficient (Wildman–Crippen LogP) is 2.28. The van der Waals surface area contributed by atoms with E-state index < -0.39 is 0 Å². The lowest BCUT2D eigenvalue weighted by atomic mass is 10.0. The number of hydrogen-bond donors (Lipinski definition) is 2. The maximum atomic E-state index is 11.8. The average Bonchev–Trinajstić information content (AvgIpc) is 2.81. The minimum atomic E-state index is 0.0730. The van der Waals surface area contributed by atoms with Crippen LogP contribution < -0.4 is 5.32 Å². The molecule has 0 radical (unpaired) electrons.